The van der Waals surface area contributed by atoms with Crippen LogP contribution in [0.2, 0.25) is 5.02 Å². The van der Waals surface area contributed by atoms with Crippen LogP contribution in [0.5, 0.6) is 0 Å². The van der Waals surface area contributed by atoms with Crippen LogP contribution in [0.25, 0.3) is 11.0 Å². The number of hydrogen-bond donors (Lipinski definition) is 1. The van der Waals surface area contributed by atoms with Crippen molar-refractivity contribution in [3.05, 3.63) is 28.8 Å². The number of benzene rings is 1. The van der Waals surface area contributed by atoms with Gasteiger partial charge in [0.1, 0.15) is 11.6 Å². The average Bonchev–Trinajstić information content (AvgIpc) is 2.48. The Morgan fingerprint density at radius 3 is 3.07 bits per heavy atom. The molecule has 1 heterocycles. The Hall–Kier alpha value is -1.60. The fourth-order valence-electron chi connectivity index (χ4n) is 1.22. The Kier molecular flexibility index (Phi) is 2.10. The second-order valence-corrected chi connectivity index (χ2v) is 3.21. The van der Waals surface area contributed by atoms with Gasteiger partial charge in [0.05, 0.1) is 28.5 Å². The molecule has 0 spiro atoms. The zero-order chi connectivity index (χ0) is 10.1. The third kappa shape index (κ3) is 1.42. The Labute approximate surface area is 84.1 Å². The van der Waals surface area contributed by atoms with Gasteiger partial charge in [0.2, 0.25) is 0 Å². The Bertz CT molecular complexity index is 488. The molecule has 5 heteroatoms. The molecule has 0 aliphatic carbocycles. The first-order valence-corrected chi connectivity index (χ1v) is 4.29. The van der Waals surface area contributed by atoms with E-state index in [-0.39, 0.29) is 11.4 Å². The highest BCUT2D eigenvalue weighted by Gasteiger charge is 2.06. The summed E-state index contributed by atoms with van der Waals surface area (Å²) < 4.78 is 13.0. The molecule has 3 nitrogen and oxygen atoms in total. The van der Waals surface area contributed by atoms with Gasteiger partial charge in [-0.25, -0.2) is 9.37 Å². The van der Waals surface area contributed by atoms with Crippen molar-refractivity contribution in [3.63, 3.8) is 0 Å². The first-order valence-electron chi connectivity index (χ1n) is 3.91. The predicted octanol–water partition coefficient (Wildman–Crippen LogP) is 2.42. The van der Waals surface area contributed by atoms with Gasteiger partial charge in [0, 0.05) is 6.07 Å². The lowest BCUT2D eigenvalue weighted by molar-refractivity contribution is 0.630. The maximum absolute atomic E-state index is 13.0. The van der Waals surface area contributed by atoms with Gasteiger partial charge >= 0.3 is 0 Å². The summed E-state index contributed by atoms with van der Waals surface area (Å²) >= 11 is 5.58. The minimum absolute atomic E-state index is 0.0347. The Morgan fingerprint density at radius 1 is 1.57 bits per heavy atom. The van der Waals surface area contributed by atoms with Gasteiger partial charge in [-0.2, -0.15) is 5.26 Å². The van der Waals surface area contributed by atoms with Crippen molar-refractivity contribution in [3.8, 4) is 6.07 Å². The number of nitriles is 1. The van der Waals surface area contributed by atoms with Crippen LogP contribution >= 0.6 is 11.6 Å². The SMILES string of the molecule is N#CCc1nc2cc(Cl)c(F)cc2[nH]1. The third-order valence-electron chi connectivity index (χ3n) is 1.82. The number of fused-ring (bicyclic) bond motifs is 1. The number of nitrogens with one attached hydrogen (secondary N) is 1. The molecule has 0 amide bonds. The zero-order valence-corrected chi connectivity index (χ0v) is 7.77. The van der Waals surface area contributed by atoms with Crippen LogP contribution in [0.4, 0.5) is 4.39 Å². The number of imidazole rings is 1. The second kappa shape index (κ2) is 3.28. The van der Waals surface area contributed by atoms with Gasteiger partial charge in [0.15, 0.2) is 0 Å². The lowest BCUT2D eigenvalue weighted by atomic mass is 10.3. The summed E-state index contributed by atoms with van der Waals surface area (Å²) in [6.07, 6.45) is 0.175. The molecule has 0 radical (unpaired) electrons. The molecule has 2 rings (SSSR count). The van der Waals surface area contributed by atoms with Crippen LogP contribution in [-0.2, 0) is 6.42 Å². The molecular formula is C9H5ClFN3. The number of nitrogens with zero attached hydrogens (tertiary/aromatic N) is 2. The van der Waals surface area contributed by atoms with Gasteiger partial charge < -0.3 is 4.98 Å². The minimum Gasteiger partial charge on any atom is -0.341 e. The number of halogens is 2. The lowest BCUT2D eigenvalue weighted by Gasteiger charge is -1.91. The summed E-state index contributed by atoms with van der Waals surface area (Å²) in [5.74, 6) is 0.0236. The summed E-state index contributed by atoms with van der Waals surface area (Å²) in [6, 6.07) is 4.66. The summed E-state index contributed by atoms with van der Waals surface area (Å²) in [5.41, 5.74) is 1.12. The van der Waals surface area contributed by atoms with E-state index >= 15 is 0 Å². The van der Waals surface area contributed by atoms with E-state index in [0.717, 1.165) is 0 Å². The lowest BCUT2D eigenvalue weighted by Crippen LogP contribution is -1.82. The number of aromatic nitrogens is 2. The highest BCUT2D eigenvalue weighted by atomic mass is 35.5. The third-order valence-corrected chi connectivity index (χ3v) is 2.11. The largest absolute Gasteiger partial charge is 0.341 e. The highest BCUT2D eigenvalue weighted by Crippen LogP contribution is 2.21. The van der Waals surface area contributed by atoms with E-state index in [1.54, 1.807) is 0 Å². The van der Waals surface area contributed by atoms with E-state index in [0.29, 0.717) is 16.9 Å². The molecule has 1 aromatic carbocycles. The quantitative estimate of drug-likeness (QED) is 0.784. The van der Waals surface area contributed by atoms with Crippen LogP contribution in [0.1, 0.15) is 5.82 Å². The first-order chi connectivity index (χ1) is 6.70. The van der Waals surface area contributed by atoms with Crippen molar-refractivity contribution in [1.29, 1.82) is 5.26 Å². The normalized spacial score (nSPS) is 10.4. The average molecular weight is 210 g/mol. The summed E-state index contributed by atoms with van der Waals surface area (Å²) in [4.78, 5) is 6.91. The van der Waals surface area contributed by atoms with Crippen molar-refractivity contribution in [2.24, 2.45) is 0 Å². The van der Waals surface area contributed by atoms with E-state index in [9.17, 15) is 4.39 Å². The number of rotatable bonds is 1. The molecule has 0 atom stereocenters. The standard InChI is InChI=1S/C9H5ClFN3/c10-5-3-7-8(4-6(5)11)14-9(13-7)1-2-12/h3-4H,1H2,(H,13,14). The van der Waals surface area contributed by atoms with Crippen LogP contribution in [0, 0.1) is 17.1 Å². The fraction of sp³-hybridized carbons (Fsp3) is 0.111. The number of aromatic amines is 1. The van der Waals surface area contributed by atoms with Gasteiger partial charge in [-0.1, -0.05) is 11.6 Å². The molecule has 0 bridgehead atoms. The van der Waals surface area contributed by atoms with Gasteiger partial charge in [-0.3, -0.25) is 0 Å². The summed E-state index contributed by atoms with van der Waals surface area (Å²) in [5, 5.41) is 8.48. The number of H-pyrrole nitrogens is 1. The smallest absolute Gasteiger partial charge is 0.144 e. The number of hydrogen-bond acceptors (Lipinski definition) is 2. The zero-order valence-electron chi connectivity index (χ0n) is 7.01. The van der Waals surface area contributed by atoms with Gasteiger partial charge in [-0.15, -0.1) is 0 Å². The van der Waals surface area contributed by atoms with Crippen molar-refractivity contribution in [2.75, 3.05) is 0 Å². The monoisotopic (exact) mass is 209 g/mol. The van der Waals surface area contributed by atoms with E-state index in [1.807, 2.05) is 6.07 Å². The molecule has 0 fully saturated rings. The van der Waals surface area contributed by atoms with Gasteiger partial charge in [0.25, 0.3) is 0 Å². The highest BCUT2D eigenvalue weighted by molar-refractivity contribution is 6.31. The Morgan fingerprint density at radius 2 is 2.36 bits per heavy atom. The molecular weight excluding hydrogens is 205 g/mol. The molecule has 0 saturated heterocycles. The first kappa shape index (κ1) is 8.97. The predicted molar refractivity (Wildman–Crippen MR) is 50.4 cm³/mol. The van der Waals surface area contributed by atoms with Crippen LogP contribution < -0.4 is 0 Å². The van der Waals surface area contributed by atoms with E-state index in [4.69, 9.17) is 16.9 Å². The van der Waals surface area contributed by atoms with Gasteiger partial charge in [-0.05, 0) is 6.07 Å². The van der Waals surface area contributed by atoms with E-state index in [1.165, 1.54) is 12.1 Å². The summed E-state index contributed by atoms with van der Waals surface area (Å²) in [6.45, 7) is 0. The maximum Gasteiger partial charge on any atom is 0.144 e. The van der Waals surface area contributed by atoms with Crippen molar-refractivity contribution in [2.45, 2.75) is 6.42 Å². The molecule has 2 aromatic rings. The van der Waals surface area contributed by atoms with Crippen molar-refractivity contribution >= 4 is 22.6 Å². The molecule has 0 saturated carbocycles. The maximum atomic E-state index is 13.0. The van der Waals surface area contributed by atoms with Crippen molar-refractivity contribution < 1.29 is 4.39 Å². The molecule has 0 unspecified atom stereocenters. The van der Waals surface area contributed by atoms with E-state index in [2.05, 4.69) is 9.97 Å². The molecule has 70 valence electrons. The van der Waals surface area contributed by atoms with E-state index < -0.39 is 5.82 Å². The molecule has 1 aromatic heterocycles. The van der Waals surface area contributed by atoms with Crippen LogP contribution in [0.3, 0.4) is 0 Å². The molecule has 14 heavy (non-hydrogen) atoms. The van der Waals surface area contributed by atoms with Crippen LogP contribution in [-0.4, -0.2) is 9.97 Å². The molecule has 1 N–H and O–H groups in total. The summed E-state index contributed by atoms with van der Waals surface area (Å²) in [7, 11) is 0. The second-order valence-electron chi connectivity index (χ2n) is 2.80. The molecule has 0 aliphatic heterocycles. The van der Waals surface area contributed by atoms with Crippen LogP contribution in [0.15, 0.2) is 12.1 Å². The van der Waals surface area contributed by atoms with Crippen molar-refractivity contribution in [1.82, 2.24) is 9.97 Å². The minimum atomic E-state index is -0.494. The molecule has 0 aliphatic rings. The Balaban J connectivity index is 2.61. The topological polar surface area (TPSA) is 52.5 Å². The fourth-order valence-corrected chi connectivity index (χ4v) is 1.37.